The van der Waals surface area contributed by atoms with E-state index < -0.39 is 0 Å². The molecule has 0 aromatic rings. The number of hydrogen-bond acceptors (Lipinski definition) is 0. The van der Waals surface area contributed by atoms with Crippen LogP contribution in [-0.2, 0) is 0 Å². The molecule has 2 heteroatoms. The minimum atomic E-state index is 0.372. The van der Waals surface area contributed by atoms with Crippen LogP contribution in [0.2, 0.25) is 24.2 Å². The molecular formula is C12H30Si2. The third-order valence-corrected chi connectivity index (χ3v) is 6.96. The van der Waals surface area contributed by atoms with Crippen LogP contribution in [0.4, 0.5) is 0 Å². The summed E-state index contributed by atoms with van der Waals surface area (Å²) in [6.07, 6.45) is 9.01. The van der Waals surface area contributed by atoms with E-state index in [4.69, 9.17) is 0 Å². The second-order valence-electron chi connectivity index (χ2n) is 4.54. The molecule has 0 unspecified atom stereocenters. The average Bonchev–Trinajstić information content (AvgIpc) is 2.21. The summed E-state index contributed by atoms with van der Waals surface area (Å²) in [5.74, 6) is 0. The fraction of sp³-hybridized carbons (Fsp3) is 1.00. The van der Waals surface area contributed by atoms with Gasteiger partial charge in [0.25, 0.3) is 0 Å². The van der Waals surface area contributed by atoms with Gasteiger partial charge in [-0.15, -0.1) is 0 Å². The van der Waals surface area contributed by atoms with E-state index in [1.165, 1.54) is 25.7 Å². The van der Waals surface area contributed by atoms with Gasteiger partial charge >= 0.3 is 0 Å². The first-order valence-corrected chi connectivity index (χ1v) is 10.9. The zero-order chi connectivity index (χ0) is 10.5. The summed E-state index contributed by atoms with van der Waals surface area (Å²) in [5, 5.41) is 0. The van der Waals surface area contributed by atoms with E-state index in [9.17, 15) is 0 Å². The molecule has 0 aliphatic rings. The predicted molar refractivity (Wildman–Crippen MR) is 75.4 cm³/mol. The Morgan fingerprint density at radius 1 is 0.571 bits per heavy atom. The van der Waals surface area contributed by atoms with Gasteiger partial charge in [0.15, 0.2) is 0 Å². The SMILES string of the molecule is CCCC[SiH2]CCCC[SiH2]CCCC. The third-order valence-electron chi connectivity index (χ3n) is 2.96. The van der Waals surface area contributed by atoms with Gasteiger partial charge in [0.2, 0.25) is 0 Å². The van der Waals surface area contributed by atoms with Gasteiger partial charge in [0, 0.05) is 19.0 Å². The first-order chi connectivity index (χ1) is 6.91. The lowest BCUT2D eigenvalue weighted by Gasteiger charge is -2.00. The highest BCUT2D eigenvalue weighted by Gasteiger charge is 1.92. The van der Waals surface area contributed by atoms with Crippen LogP contribution >= 0.6 is 0 Å². The molecule has 0 amide bonds. The van der Waals surface area contributed by atoms with E-state index in [2.05, 4.69) is 13.8 Å². The summed E-state index contributed by atoms with van der Waals surface area (Å²) in [4.78, 5) is 0. The van der Waals surface area contributed by atoms with E-state index in [0.29, 0.717) is 19.0 Å². The highest BCUT2D eigenvalue weighted by atomic mass is 28.2. The summed E-state index contributed by atoms with van der Waals surface area (Å²) in [6.45, 7) is 4.63. The number of unbranched alkanes of at least 4 members (excludes halogenated alkanes) is 3. The molecule has 0 aromatic carbocycles. The van der Waals surface area contributed by atoms with Crippen LogP contribution in [0.15, 0.2) is 0 Å². The monoisotopic (exact) mass is 230 g/mol. The molecule has 0 fully saturated rings. The maximum Gasteiger partial charge on any atom is 0.0197 e. The molecule has 86 valence electrons. The molecule has 14 heavy (non-hydrogen) atoms. The first kappa shape index (κ1) is 14.4. The van der Waals surface area contributed by atoms with Crippen LogP contribution < -0.4 is 0 Å². The number of hydrogen-bond donors (Lipinski definition) is 0. The normalized spacial score (nSPS) is 12.4. The quantitative estimate of drug-likeness (QED) is 0.377. The molecule has 0 saturated carbocycles. The summed E-state index contributed by atoms with van der Waals surface area (Å²) in [5.41, 5.74) is 0. The van der Waals surface area contributed by atoms with Crippen molar-refractivity contribution in [1.29, 1.82) is 0 Å². The summed E-state index contributed by atoms with van der Waals surface area (Å²) < 4.78 is 0. The predicted octanol–water partition coefficient (Wildman–Crippen LogP) is 3.38. The van der Waals surface area contributed by atoms with Crippen LogP contribution in [0.5, 0.6) is 0 Å². The third kappa shape index (κ3) is 12.4. The topological polar surface area (TPSA) is 0 Å². The molecule has 0 heterocycles. The van der Waals surface area contributed by atoms with Crippen molar-refractivity contribution in [2.45, 2.75) is 76.5 Å². The Bertz CT molecular complexity index is 82.3. The molecule has 0 N–H and O–H groups in total. The molecule has 0 saturated heterocycles. The Kier molecular flexibility index (Phi) is 13.8. The maximum atomic E-state index is 2.31. The molecule has 0 bridgehead atoms. The maximum absolute atomic E-state index is 2.31. The summed E-state index contributed by atoms with van der Waals surface area (Å²) in [6, 6.07) is 6.51. The Balaban J connectivity index is 2.78. The van der Waals surface area contributed by atoms with E-state index in [-0.39, 0.29) is 0 Å². The lowest BCUT2D eigenvalue weighted by atomic mass is 10.4. The Labute approximate surface area is 95.9 Å². The summed E-state index contributed by atoms with van der Waals surface area (Å²) in [7, 11) is 0.744. The largest absolute Gasteiger partial charge is 0.0654 e. The molecule has 0 aromatic heterocycles. The fourth-order valence-corrected chi connectivity index (χ4v) is 5.74. The van der Waals surface area contributed by atoms with Crippen molar-refractivity contribution >= 4 is 19.0 Å². The van der Waals surface area contributed by atoms with E-state index >= 15 is 0 Å². The van der Waals surface area contributed by atoms with Crippen molar-refractivity contribution < 1.29 is 0 Å². The minimum absolute atomic E-state index is 0.372. The van der Waals surface area contributed by atoms with Crippen molar-refractivity contribution in [2.75, 3.05) is 0 Å². The molecule has 0 aliphatic carbocycles. The lowest BCUT2D eigenvalue weighted by Crippen LogP contribution is -1.92. The fourth-order valence-electron chi connectivity index (χ4n) is 1.91. The molecule has 0 rings (SSSR count). The molecule has 0 radical (unpaired) electrons. The highest BCUT2D eigenvalue weighted by Crippen LogP contribution is 2.05. The van der Waals surface area contributed by atoms with Crippen LogP contribution in [0.1, 0.15) is 52.4 Å². The molecule has 0 aliphatic heterocycles. The Morgan fingerprint density at radius 2 is 0.929 bits per heavy atom. The second kappa shape index (κ2) is 13.4. The van der Waals surface area contributed by atoms with Gasteiger partial charge in [-0.05, 0) is 0 Å². The van der Waals surface area contributed by atoms with Gasteiger partial charge in [0.05, 0.1) is 0 Å². The van der Waals surface area contributed by atoms with Crippen LogP contribution in [0.3, 0.4) is 0 Å². The van der Waals surface area contributed by atoms with Crippen LogP contribution in [0.25, 0.3) is 0 Å². The Morgan fingerprint density at radius 3 is 1.29 bits per heavy atom. The molecular weight excluding hydrogens is 200 g/mol. The lowest BCUT2D eigenvalue weighted by molar-refractivity contribution is 0.838. The standard InChI is InChI=1S/C12H30Si2/c1-3-5-9-13-11-7-8-12-14-10-6-4-2/h3-14H2,1-2H3. The van der Waals surface area contributed by atoms with E-state index in [0.717, 1.165) is 0 Å². The van der Waals surface area contributed by atoms with Crippen molar-refractivity contribution in [3.05, 3.63) is 0 Å². The van der Waals surface area contributed by atoms with Gasteiger partial charge in [-0.25, -0.2) is 0 Å². The average molecular weight is 231 g/mol. The van der Waals surface area contributed by atoms with Crippen molar-refractivity contribution in [1.82, 2.24) is 0 Å². The van der Waals surface area contributed by atoms with Gasteiger partial charge in [-0.2, -0.15) is 0 Å². The van der Waals surface area contributed by atoms with E-state index in [1.807, 2.05) is 0 Å². The highest BCUT2D eigenvalue weighted by molar-refractivity contribution is 6.36. The van der Waals surface area contributed by atoms with E-state index in [1.54, 1.807) is 37.0 Å². The first-order valence-electron chi connectivity index (χ1n) is 6.91. The number of rotatable bonds is 11. The zero-order valence-electron chi connectivity index (χ0n) is 10.5. The van der Waals surface area contributed by atoms with Crippen molar-refractivity contribution in [2.24, 2.45) is 0 Å². The van der Waals surface area contributed by atoms with Crippen LogP contribution in [-0.4, -0.2) is 19.0 Å². The van der Waals surface area contributed by atoms with Crippen molar-refractivity contribution in [3.63, 3.8) is 0 Å². The van der Waals surface area contributed by atoms with Gasteiger partial charge in [-0.3, -0.25) is 0 Å². The molecule has 0 nitrogen and oxygen atoms in total. The van der Waals surface area contributed by atoms with Gasteiger partial charge in [0.1, 0.15) is 0 Å². The molecule has 0 spiro atoms. The van der Waals surface area contributed by atoms with Gasteiger partial charge in [-0.1, -0.05) is 76.5 Å². The summed E-state index contributed by atoms with van der Waals surface area (Å²) >= 11 is 0. The minimum Gasteiger partial charge on any atom is -0.0654 e. The van der Waals surface area contributed by atoms with Crippen molar-refractivity contribution in [3.8, 4) is 0 Å². The van der Waals surface area contributed by atoms with Crippen LogP contribution in [0, 0.1) is 0 Å². The smallest absolute Gasteiger partial charge is 0.0197 e. The molecule has 0 atom stereocenters. The van der Waals surface area contributed by atoms with Gasteiger partial charge < -0.3 is 0 Å². The zero-order valence-corrected chi connectivity index (χ0v) is 13.3. The second-order valence-corrected chi connectivity index (χ2v) is 8.78. The Hall–Kier alpha value is 0.434.